The summed E-state index contributed by atoms with van der Waals surface area (Å²) in [6.07, 6.45) is 1.50. The molecule has 0 spiro atoms. The molecule has 0 aliphatic rings. The van der Waals surface area contributed by atoms with Crippen molar-refractivity contribution in [3.63, 3.8) is 0 Å². The number of rotatable bonds is 7. The Hall–Kier alpha value is -2.61. The SMILES string of the molecule is COc1cc(/C=N/NC(=O)c2nc(C(C)C)cs2)cc(OC)c1OC. The van der Waals surface area contributed by atoms with Gasteiger partial charge in [0, 0.05) is 10.9 Å². The first-order chi connectivity index (χ1) is 12.0. The lowest BCUT2D eigenvalue weighted by Gasteiger charge is -2.12. The van der Waals surface area contributed by atoms with Crippen LogP contribution in [0.4, 0.5) is 0 Å². The highest BCUT2D eigenvalue weighted by atomic mass is 32.1. The van der Waals surface area contributed by atoms with Crippen molar-refractivity contribution in [3.05, 3.63) is 33.8 Å². The predicted octanol–water partition coefficient (Wildman–Crippen LogP) is 3.06. The number of ether oxygens (including phenoxy) is 3. The van der Waals surface area contributed by atoms with Gasteiger partial charge in [-0.15, -0.1) is 11.3 Å². The van der Waals surface area contributed by atoms with Gasteiger partial charge in [-0.1, -0.05) is 13.8 Å². The maximum atomic E-state index is 12.1. The molecular formula is C17H21N3O4S. The lowest BCUT2D eigenvalue weighted by molar-refractivity contribution is 0.0954. The van der Waals surface area contributed by atoms with Crippen LogP contribution in [0.5, 0.6) is 17.2 Å². The van der Waals surface area contributed by atoms with Crippen LogP contribution in [-0.2, 0) is 0 Å². The summed E-state index contributed by atoms with van der Waals surface area (Å²) in [7, 11) is 4.61. The number of nitrogens with zero attached hydrogens (tertiary/aromatic N) is 2. The van der Waals surface area contributed by atoms with Crippen molar-refractivity contribution in [1.29, 1.82) is 0 Å². The second kappa shape index (κ2) is 8.48. The Labute approximate surface area is 150 Å². The van der Waals surface area contributed by atoms with Gasteiger partial charge in [-0.25, -0.2) is 10.4 Å². The molecular weight excluding hydrogens is 342 g/mol. The van der Waals surface area contributed by atoms with Crippen molar-refractivity contribution < 1.29 is 19.0 Å². The molecule has 1 amide bonds. The Morgan fingerprint density at radius 2 is 1.84 bits per heavy atom. The minimum Gasteiger partial charge on any atom is -0.493 e. The summed E-state index contributed by atoms with van der Waals surface area (Å²) in [6, 6.07) is 3.47. The third kappa shape index (κ3) is 4.48. The topological polar surface area (TPSA) is 82.0 Å². The molecule has 0 unspecified atom stereocenters. The minimum atomic E-state index is -0.347. The highest BCUT2D eigenvalue weighted by molar-refractivity contribution is 7.11. The first-order valence-corrected chi connectivity index (χ1v) is 8.47. The van der Waals surface area contributed by atoms with Crippen LogP contribution in [-0.4, -0.2) is 38.4 Å². The van der Waals surface area contributed by atoms with Crippen LogP contribution in [0.25, 0.3) is 0 Å². The third-order valence-corrected chi connectivity index (χ3v) is 4.23. The number of aromatic nitrogens is 1. The third-order valence-electron chi connectivity index (χ3n) is 3.37. The molecule has 25 heavy (non-hydrogen) atoms. The monoisotopic (exact) mass is 363 g/mol. The Kier molecular flexibility index (Phi) is 6.35. The van der Waals surface area contributed by atoms with Gasteiger partial charge < -0.3 is 14.2 Å². The molecule has 0 aliphatic heterocycles. The number of thiazole rings is 1. The maximum Gasteiger partial charge on any atom is 0.300 e. The molecule has 0 atom stereocenters. The Balaban J connectivity index is 2.12. The predicted molar refractivity (Wildman–Crippen MR) is 97.4 cm³/mol. The number of carbonyl (C=O) groups excluding carboxylic acids is 1. The van der Waals surface area contributed by atoms with E-state index in [0.29, 0.717) is 27.8 Å². The molecule has 0 fully saturated rings. The number of hydrazone groups is 1. The fraction of sp³-hybridized carbons (Fsp3) is 0.353. The van der Waals surface area contributed by atoms with E-state index in [2.05, 4.69) is 15.5 Å². The molecule has 0 bridgehead atoms. The van der Waals surface area contributed by atoms with Crippen molar-refractivity contribution in [1.82, 2.24) is 10.4 Å². The van der Waals surface area contributed by atoms with Crippen LogP contribution in [0, 0.1) is 0 Å². The first kappa shape index (κ1) is 18.7. The largest absolute Gasteiger partial charge is 0.493 e. The molecule has 0 saturated carbocycles. The van der Waals surface area contributed by atoms with E-state index < -0.39 is 0 Å². The molecule has 1 aromatic carbocycles. The zero-order valence-corrected chi connectivity index (χ0v) is 15.6. The second-order valence-electron chi connectivity index (χ2n) is 5.39. The van der Waals surface area contributed by atoms with E-state index in [4.69, 9.17) is 14.2 Å². The van der Waals surface area contributed by atoms with Crippen LogP contribution < -0.4 is 19.6 Å². The zero-order valence-electron chi connectivity index (χ0n) is 14.8. The smallest absolute Gasteiger partial charge is 0.300 e. The van der Waals surface area contributed by atoms with Crippen LogP contribution >= 0.6 is 11.3 Å². The van der Waals surface area contributed by atoms with Crippen LogP contribution in [0.15, 0.2) is 22.6 Å². The molecule has 1 heterocycles. The highest BCUT2D eigenvalue weighted by Crippen LogP contribution is 2.37. The Morgan fingerprint density at radius 3 is 2.32 bits per heavy atom. The van der Waals surface area contributed by atoms with E-state index in [0.717, 1.165) is 5.69 Å². The number of carbonyl (C=O) groups is 1. The summed E-state index contributed by atoms with van der Waals surface area (Å²) < 4.78 is 15.8. The highest BCUT2D eigenvalue weighted by Gasteiger charge is 2.13. The van der Waals surface area contributed by atoms with E-state index in [1.54, 1.807) is 12.1 Å². The fourth-order valence-electron chi connectivity index (χ4n) is 2.04. The summed E-state index contributed by atoms with van der Waals surface area (Å²) in [5.41, 5.74) is 4.05. The van der Waals surface area contributed by atoms with Crippen LogP contribution in [0.2, 0.25) is 0 Å². The molecule has 0 radical (unpaired) electrons. The number of hydrogen-bond donors (Lipinski definition) is 1. The summed E-state index contributed by atoms with van der Waals surface area (Å²) >= 11 is 1.30. The van der Waals surface area contributed by atoms with Crippen molar-refractivity contribution in [2.75, 3.05) is 21.3 Å². The normalized spacial score (nSPS) is 11.0. The summed E-state index contributed by atoms with van der Waals surface area (Å²) in [5, 5.41) is 6.23. The first-order valence-electron chi connectivity index (χ1n) is 7.59. The fourth-order valence-corrected chi connectivity index (χ4v) is 2.91. The molecule has 8 heteroatoms. The van der Waals surface area contributed by atoms with Gasteiger partial charge in [-0.05, 0) is 18.1 Å². The van der Waals surface area contributed by atoms with Gasteiger partial charge in [-0.3, -0.25) is 4.79 Å². The van der Waals surface area contributed by atoms with Gasteiger partial charge in [0.2, 0.25) is 5.75 Å². The summed E-state index contributed by atoms with van der Waals surface area (Å²) in [4.78, 5) is 16.4. The van der Waals surface area contributed by atoms with Crippen LogP contribution in [0.1, 0.15) is 40.8 Å². The van der Waals surface area contributed by atoms with Crippen molar-refractivity contribution in [2.24, 2.45) is 5.10 Å². The number of hydrogen-bond acceptors (Lipinski definition) is 7. The number of amides is 1. The van der Waals surface area contributed by atoms with E-state index in [1.807, 2.05) is 19.2 Å². The lowest BCUT2D eigenvalue weighted by atomic mass is 10.2. The van der Waals surface area contributed by atoms with Gasteiger partial charge >= 0.3 is 0 Å². The van der Waals surface area contributed by atoms with Gasteiger partial charge in [-0.2, -0.15) is 5.10 Å². The molecule has 1 aromatic heterocycles. The molecule has 7 nitrogen and oxygen atoms in total. The van der Waals surface area contributed by atoms with E-state index in [-0.39, 0.29) is 11.8 Å². The van der Waals surface area contributed by atoms with Gasteiger partial charge in [0.1, 0.15) is 0 Å². The average Bonchev–Trinajstić information content (AvgIpc) is 3.11. The van der Waals surface area contributed by atoms with Crippen molar-refractivity contribution in [2.45, 2.75) is 19.8 Å². The number of nitrogens with one attached hydrogen (secondary N) is 1. The maximum absolute atomic E-state index is 12.1. The number of methoxy groups -OCH3 is 3. The van der Waals surface area contributed by atoms with E-state index >= 15 is 0 Å². The van der Waals surface area contributed by atoms with Gasteiger partial charge in [0.15, 0.2) is 16.5 Å². The summed E-state index contributed by atoms with van der Waals surface area (Å²) in [5.74, 6) is 1.45. The molecule has 0 aliphatic carbocycles. The summed E-state index contributed by atoms with van der Waals surface area (Å²) in [6.45, 7) is 4.05. The van der Waals surface area contributed by atoms with Crippen LogP contribution in [0.3, 0.4) is 0 Å². The molecule has 134 valence electrons. The van der Waals surface area contributed by atoms with Crippen molar-refractivity contribution in [3.8, 4) is 17.2 Å². The minimum absolute atomic E-state index is 0.278. The Bertz CT molecular complexity index is 746. The zero-order chi connectivity index (χ0) is 18.4. The molecule has 2 rings (SSSR count). The molecule has 1 N–H and O–H groups in total. The lowest BCUT2D eigenvalue weighted by Crippen LogP contribution is -2.17. The molecule has 0 saturated heterocycles. The van der Waals surface area contributed by atoms with E-state index in [1.165, 1.54) is 38.9 Å². The van der Waals surface area contributed by atoms with Gasteiger partial charge in [0.25, 0.3) is 5.91 Å². The van der Waals surface area contributed by atoms with Crippen molar-refractivity contribution >= 4 is 23.5 Å². The quantitative estimate of drug-likeness (QED) is 0.604. The second-order valence-corrected chi connectivity index (χ2v) is 6.25. The Morgan fingerprint density at radius 1 is 1.20 bits per heavy atom. The van der Waals surface area contributed by atoms with E-state index in [9.17, 15) is 4.79 Å². The average molecular weight is 363 g/mol. The standard InChI is InChI=1S/C17H21N3O4S/c1-10(2)12-9-25-17(19-12)16(21)20-18-8-11-6-13(22-3)15(24-5)14(7-11)23-4/h6-10H,1-5H3,(H,20,21)/b18-8+. The number of benzene rings is 1. The van der Waals surface area contributed by atoms with Gasteiger partial charge in [0.05, 0.1) is 33.2 Å². The molecule has 2 aromatic rings.